The molecule has 2 aromatic carbocycles. The Morgan fingerprint density at radius 2 is 1.77 bits per heavy atom. The lowest BCUT2D eigenvalue weighted by Crippen LogP contribution is -2.45. The molecule has 14 nitrogen and oxygen atoms in total. The van der Waals surface area contributed by atoms with Crippen LogP contribution < -0.4 is 4.72 Å². The number of sulfonamides is 1. The van der Waals surface area contributed by atoms with Gasteiger partial charge in [0.2, 0.25) is 5.28 Å². The lowest BCUT2D eigenvalue weighted by Gasteiger charge is -2.28. The number of aryl methyl sites for hydroxylation is 1. The summed E-state index contributed by atoms with van der Waals surface area (Å²) in [4.78, 5) is 28.7. The molecule has 1 saturated heterocycles. The first kappa shape index (κ1) is 35.0. The number of benzene rings is 2. The van der Waals surface area contributed by atoms with E-state index < -0.39 is 52.3 Å². The van der Waals surface area contributed by atoms with Crippen molar-refractivity contribution in [2.75, 3.05) is 19.9 Å². The molecule has 3 aromatic rings. The SMILES string of the molecule is Cc1ccc(-c2cc(C(F)(F)F)nn2-c2ccc(S(=O)(=O)NC(=O)OC3CCCN([N+]([O-])=NOCOC(=O)C(C)(C)C)C3)cc2)cc1. The molecule has 0 aliphatic carbocycles. The molecule has 1 aromatic heterocycles. The van der Waals surface area contributed by atoms with Crippen LogP contribution in [0.4, 0.5) is 18.0 Å². The van der Waals surface area contributed by atoms with E-state index in [-0.39, 0.29) is 34.3 Å². The molecule has 0 radical (unpaired) electrons. The number of esters is 1. The van der Waals surface area contributed by atoms with Gasteiger partial charge in [-0.25, -0.2) is 22.6 Å². The van der Waals surface area contributed by atoms with Gasteiger partial charge in [0, 0.05) is 5.56 Å². The topological polar surface area (TPSA) is 167 Å². The van der Waals surface area contributed by atoms with Crippen molar-refractivity contribution in [3.8, 4) is 16.9 Å². The number of carbonyl (C=O) groups excluding carboxylic acids is 2. The Hall–Kier alpha value is -4.87. The highest BCUT2D eigenvalue weighted by Gasteiger charge is 2.35. The Kier molecular flexibility index (Phi) is 10.3. The number of piperidine rings is 1. The predicted molar refractivity (Wildman–Crippen MR) is 158 cm³/mol. The first-order chi connectivity index (χ1) is 21.9. The summed E-state index contributed by atoms with van der Waals surface area (Å²) in [7, 11) is -4.46. The number of carbonyl (C=O) groups is 2. The molecule has 0 bridgehead atoms. The second-order valence-corrected chi connectivity index (χ2v) is 13.3. The number of nitrogens with one attached hydrogen (secondary N) is 1. The fraction of sp³-hybridized carbons (Fsp3) is 0.414. The highest BCUT2D eigenvalue weighted by atomic mass is 32.2. The second kappa shape index (κ2) is 13.9. The van der Waals surface area contributed by atoms with E-state index in [1.165, 1.54) is 12.1 Å². The van der Waals surface area contributed by atoms with E-state index in [2.05, 4.69) is 10.4 Å². The molecular weight excluding hydrogens is 649 g/mol. The molecule has 1 atom stereocenters. The van der Waals surface area contributed by atoms with Crippen molar-refractivity contribution < 1.29 is 50.5 Å². The zero-order chi connectivity index (χ0) is 34.6. The third-order valence-corrected chi connectivity index (χ3v) is 8.14. The van der Waals surface area contributed by atoms with Crippen molar-refractivity contribution in [1.29, 1.82) is 0 Å². The van der Waals surface area contributed by atoms with Gasteiger partial charge in [-0.1, -0.05) is 29.8 Å². The van der Waals surface area contributed by atoms with Crippen LogP contribution in [-0.4, -0.2) is 66.2 Å². The van der Waals surface area contributed by atoms with E-state index in [0.717, 1.165) is 33.5 Å². The Bertz CT molecular complexity index is 1720. The van der Waals surface area contributed by atoms with Gasteiger partial charge in [0.05, 0.1) is 33.2 Å². The number of nitrogens with zero attached hydrogens (tertiary/aromatic N) is 5. The van der Waals surface area contributed by atoms with E-state index in [9.17, 15) is 36.4 Å². The van der Waals surface area contributed by atoms with Gasteiger partial charge in [-0.15, -0.1) is 5.01 Å². The molecule has 1 aliphatic heterocycles. The summed E-state index contributed by atoms with van der Waals surface area (Å²) in [6.07, 6.45) is -6.18. The molecular formula is C29H33F3N6O8S. The summed E-state index contributed by atoms with van der Waals surface area (Å²) in [6.45, 7) is 6.26. The number of ether oxygens (including phenoxy) is 2. The third kappa shape index (κ3) is 9.11. The summed E-state index contributed by atoms with van der Waals surface area (Å²) in [5, 5.41) is 20.4. The lowest BCUT2D eigenvalue weighted by molar-refractivity contribution is -0.714. The molecule has 1 unspecified atom stereocenters. The van der Waals surface area contributed by atoms with Gasteiger partial charge in [0.15, 0.2) is 5.69 Å². The van der Waals surface area contributed by atoms with E-state index in [1.54, 1.807) is 49.8 Å². The van der Waals surface area contributed by atoms with Gasteiger partial charge in [-0.3, -0.25) is 4.79 Å². The minimum absolute atomic E-state index is 0.109. The van der Waals surface area contributed by atoms with Crippen molar-refractivity contribution in [3.05, 3.63) is 71.1 Å². The van der Waals surface area contributed by atoms with E-state index >= 15 is 0 Å². The summed E-state index contributed by atoms with van der Waals surface area (Å²) < 4.78 is 79.2. The normalized spacial score (nSPS) is 16.0. The molecule has 18 heteroatoms. The molecule has 1 N–H and O–H groups in total. The Morgan fingerprint density at radius 3 is 2.38 bits per heavy atom. The first-order valence-corrected chi connectivity index (χ1v) is 15.7. The van der Waals surface area contributed by atoms with E-state index in [0.29, 0.717) is 18.4 Å². The van der Waals surface area contributed by atoms with Crippen LogP contribution in [0.25, 0.3) is 16.9 Å². The molecule has 0 spiro atoms. The summed E-state index contributed by atoms with van der Waals surface area (Å²) in [6, 6.07) is 12.4. The summed E-state index contributed by atoms with van der Waals surface area (Å²) in [5.41, 5.74) is -0.254. The van der Waals surface area contributed by atoms with Gasteiger partial charge in [-0.2, -0.15) is 18.3 Å². The first-order valence-electron chi connectivity index (χ1n) is 14.2. The minimum Gasteiger partial charge on any atom is -0.569 e. The highest BCUT2D eigenvalue weighted by molar-refractivity contribution is 7.90. The van der Waals surface area contributed by atoms with Crippen molar-refractivity contribution in [2.45, 2.75) is 57.7 Å². The van der Waals surface area contributed by atoms with Gasteiger partial charge in [0.25, 0.3) is 16.8 Å². The van der Waals surface area contributed by atoms with Gasteiger partial charge in [-0.05, 0) is 70.9 Å². The van der Waals surface area contributed by atoms with Crippen LogP contribution in [0.3, 0.4) is 0 Å². The van der Waals surface area contributed by atoms with Gasteiger partial charge >= 0.3 is 18.2 Å². The van der Waals surface area contributed by atoms with Crippen LogP contribution in [0.2, 0.25) is 0 Å². The number of amides is 1. The average Bonchev–Trinajstić information content (AvgIpc) is 3.45. The Morgan fingerprint density at radius 1 is 1.11 bits per heavy atom. The zero-order valence-electron chi connectivity index (χ0n) is 25.9. The van der Waals surface area contributed by atoms with Crippen LogP contribution in [0.5, 0.6) is 0 Å². The fourth-order valence-electron chi connectivity index (χ4n) is 4.35. The van der Waals surface area contributed by atoms with Gasteiger partial charge < -0.3 is 19.5 Å². The standard InChI is InChI=1S/C29H33F3N6O8S/c1-19-7-9-20(10-8-19)24-16-25(29(30,31)32)33-37(24)21-11-13-23(14-12-21)47(42,43)34-27(40)46-22-6-5-15-36(17-22)38(41)35-45-18-44-26(39)28(2,3)4/h7-14,16,22H,5-6,15,17-18H2,1-4H3,(H,34,40). The van der Waals surface area contributed by atoms with Crippen LogP contribution in [0, 0.1) is 17.5 Å². The number of hydrazine groups is 1. The number of hydrogen-bond donors (Lipinski definition) is 1. The number of rotatable bonds is 9. The number of alkyl halides is 3. The molecule has 0 saturated carbocycles. The molecule has 1 aliphatic rings. The third-order valence-electron chi connectivity index (χ3n) is 6.81. The van der Waals surface area contributed by atoms with Crippen molar-refractivity contribution in [2.24, 2.45) is 10.7 Å². The molecule has 2 heterocycles. The maximum atomic E-state index is 13.5. The fourth-order valence-corrected chi connectivity index (χ4v) is 5.23. The van der Waals surface area contributed by atoms with E-state index in [4.69, 9.17) is 14.3 Å². The maximum absolute atomic E-state index is 13.5. The van der Waals surface area contributed by atoms with Crippen LogP contribution in [0.1, 0.15) is 44.9 Å². The smallest absolute Gasteiger partial charge is 0.435 e. The average molecular weight is 683 g/mol. The highest BCUT2D eigenvalue weighted by Crippen LogP contribution is 2.33. The van der Waals surface area contributed by atoms with Crippen molar-refractivity contribution >= 4 is 22.1 Å². The molecule has 4 rings (SSSR count). The number of halogens is 3. The predicted octanol–water partition coefficient (Wildman–Crippen LogP) is 5.10. The summed E-state index contributed by atoms with van der Waals surface area (Å²) >= 11 is 0. The molecule has 47 heavy (non-hydrogen) atoms. The van der Waals surface area contributed by atoms with Crippen LogP contribution in [0.15, 0.2) is 64.8 Å². The maximum Gasteiger partial charge on any atom is 0.435 e. The van der Waals surface area contributed by atoms with E-state index in [1.807, 2.05) is 6.92 Å². The quantitative estimate of drug-likeness (QED) is 0.0801. The number of aromatic nitrogens is 2. The largest absolute Gasteiger partial charge is 0.569 e. The van der Waals surface area contributed by atoms with Crippen LogP contribution in [-0.2, 0) is 35.3 Å². The minimum atomic E-state index is -4.72. The molecule has 1 amide bonds. The van der Waals surface area contributed by atoms with Crippen LogP contribution >= 0.6 is 0 Å². The van der Waals surface area contributed by atoms with Crippen molar-refractivity contribution in [3.63, 3.8) is 0 Å². The number of hydrogen-bond acceptors (Lipinski definition) is 10. The molecule has 1 fully saturated rings. The Labute approximate surface area is 268 Å². The zero-order valence-corrected chi connectivity index (χ0v) is 26.7. The summed E-state index contributed by atoms with van der Waals surface area (Å²) in [5.74, 6) is -0.557. The monoisotopic (exact) mass is 682 g/mol. The van der Waals surface area contributed by atoms with Gasteiger partial charge in [0.1, 0.15) is 12.6 Å². The lowest BCUT2D eigenvalue weighted by atomic mass is 9.98. The molecule has 254 valence electrons. The van der Waals surface area contributed by atoms with Crippen molar-refractivity contribution in [1.82, 2.24) is 19.5 Å². The Balaban J connectivity index is 1.38. The second-order valence-electron chi connectivity index (χ2n) is 11.6.